The van der Waals surface area contributed by atoms with Gasteiger partial charge in [-0.05, 0) is 39.0 Å². The Labute approximate surface area is 135 Å². The number of hydrogen-bond acceptors (Lipinski definition) is 4. The molecule has 4 nitrogen and oxygen atoms in total. The Morgan fingerprint density at radius 3 is 2.86 bits per heavy atom. The molecule has 1 aliphatic heterocycles. The van der Waals surface area contributed by atoms with Crippen molar-refractivity contribution in [2.45, 2.75) is 31.6 Å². The molecule has 0 radical (unpaired) electrons. The maximum atomic E-state index is 12.4. The Morgan fingerprint density at radius 1 is 1.52 bits per heavy atom. The van der Waals surface area contributed by atoms with E-state index < -0.39 is 0 Å². The molecule has 116 valence electrons. The molecule has 0 bridgehead atoms. The van der Waals surface area contributed by atoms with E-state index in [1.165, 1.54) is 0 Å². The zero-order valence-electron chi connectivity index (χ0n) is 12.6. The van der Waals surface area contributed by atoms with Crippen molar-refractivity contribution in [1.29, 1.82) is 0 Å². The van der Waals surface area contributed by atoms with E-state index in [0.717, 1.165) is 18.8 Å². The topological polar surface area (TPSA) is 58.4 Å². The number of nitrogens with one attached hydrogen (secondary N) is 1. The number of carbonyl (C=O) groups excluding carboxylic acids is 1. The molecule has 1 amide bonds. The first-order valence-corrected chi connectivity index (χ1v) is 8.39. The van der Waals surface area contributed by atoms with Gasteiger partial charge in [0.05, 0.1) is 17.4 Å². The summed E-state index contributed by atoms with van der Waals surface area (Å²) in [5.41, 5.74) is 6.97. The quantitative estimate of drug-likeness (QED) is 0.838. The van der Waals surface area contributed by atoms with Crippen LogP contribution in [-0.4, -0.2) is 40.4 Å². The van der Waals surface area contributed by atoms with Crippen molar-refractivity contribution >= 4 is 40.6 Å². The highest BCUT2D eigenvalue weighted by molar-refractivity contribution is 8.00. The van der Waals surface area contributed by atoms with Gasteiger partial charge in [0.15, 0.2) is 0 Å². The molecule has 1 atom stereocenters. The molecule has 6 heteroatoms. The Balaban J connectivity index is 2.02. The van der Waals surface area contributed by atoms with Gasteiger partial charge in [-0.1, -0.05) is 11.6 Å². The van der Waals surface area contributed by atoms with E-state index >= 15 is 0 Å². The lowest BCUT2D eigenvalue weighted by Gasteiger charge is -2.40. The highest BCUT2D eigenvalue weighted by Gasteiger charge is 2.32. The number of nitrogens with zero attached hydrogens (tertiary/aromatic N) is 1. The number of rotatable bonds is 3. The molecule has 1 fully saturated rings. The fourth-order valence-electron chi connectivity index (χ4n) is 2.43. The predicted octanol–water partition coefficient (Wildman–Crippen LogP) is 3.08. The fraction of sp³-hybridized carbons (Fsp3) is 0.533. The highest BCUT2D eigenvalue weighted by Crippen LogP contribution is 2.30. The van der Waals surface area contributed by atoms with Crippen LogP contribution in [0.3, 0.4) is 0 Å². The third-order valence-electron chi connectivity index (χ3n) is 3.65. The molecule has 1 aliphatic rings. The molecule has 1 saturated heterocycles. The molecule has 1 heterocycles. The predicted molar refractivity (Wildman–Crippen MR) is 92.1 cm³/mol. The summed E-state index contributed by atoms with van der Waals surface area (Å²) in [7, 11) is 0. The average molecular weight is 328 g/mol. The normalized spacial score (nSPS) is 20.0. The second kappa shape index (κ2) is 6.46. The van der Waals surface area contributed by atoms with Crippen LogP contribution in [0.25, 0.3) is 0 Å². The van der Waals surface area contributed by atoms with Gasteiger partial charge in [-0.2, -0.15) is 11.8 Å². The van der Waals surface area contributed by atoms with Gasteiger partial charge in [-0.3, -0.25) is 9.69 Å². The molecule has 1 aromatic carbocycles. The van der Waals surface area contributed by atoms with Gasteiger partial charge in [0, 0.05) is 28.6 Å². The maximum absolute atomic E-state index is 12.4. The first-order chi connectivity index (χ1) is 9.78. The van der Waals surface area contributed by atoms with E-state index in [1.807, 2.05) is 18.7 Å². The van der Waals surface area contributed by atoms with E-state index in [1.54, 1.807) is 18.2 Å². The number of nitrogen functional groups attached to an aromatic ring is 1. The van der Waals surface area contributed by atoms with Gasteiger partial charge in [0.1, 0.15) is 0 Å². The van der Waals surface area contributed by atoms with Crippen molar-refractivity contribution in [3.63, 3.8) is 0 Å². The first kappa shape index (κ1) is 16.5. The van der Waals surface area contributed by atoms with Crippen molar-refractivity contribution in [1.82, 2.24) is 4.90 Å². The zero-order chi connectivity index (χ0) is 15.6. The minimum atomic E-state index is -0.180. The number of hydrogen-bond donors (Lipinski definition) is 2. The molecule has 0 spiro atoms. The summed E-state index contributed by atoms with van der Waals surface area (Å²) in [6.45, 7) is 8.20. The third-order valence-corrected chi connectivity index (χ3v) is 5.19. The van der Waals surface area contributed by atoms with Crippen LogP contribution in [-0.2, 0) is 4.79 Å². The second-order valence-electron chi connectivity index (χ2n) is 5.98. The van der Waals surface area contributed by atoms with Gasteiger partial charge in [-0.25, -0.2) is 0 Å². The van der Waals surface area contributed by atoms with Crippen LogP contribution in [0.4, 0.5) is 11.4 Å². The lowest BCUT2D eigenvalue weighted by Crippen LogP contribution is -2.51. The molecule has 1 unspecified atom stereocenters. The van der Waals surface area contributed by atoms with E-state index in [4.69, 9.17) is 17.3 Å². The summed E-state index contributed by atoms with van der Waals surface area (Å²) in [6, 6.07) is 4.92. The minimum Gasteiger partial charge on any atom is -0.397 e. The average Bonchev–Trinajstić information content (AvgIpc) is 2.40. The maximum Gasteiger partial charge on any atom is 0.241 e. The molecule has 0 aromatic heterocycles. The largest absolute Gasteiger partial charge is 0.397 e. The van der Waals surface area contributed by atoms with Crippen LogP contribution in [0.2, 0.25) is 5.02 Å². The Hall–Kier alpha value is -0.910. The molecule has 2 rings (SSSR count). The van der Waals surface area contributed by atoms with Crippen molar-refractivity contribution < 1.29 is 4.79 Å². The molecule has 0 aliphatic carbocycles. The summed E-state index contributed by atoms with van der Waals surface area (Å²) >= 11 is 7.82. The third kappa shape index (κ3) is 4.28. The van der Waals surface area contributed by atoms with Crippen LogP contribution >= 0.6 is 23.4 Å². The van der Waals surface area contributed by atoms with Crippen LogP contribution in [0.5, 0.6) is 0 Å². The van der Waals surface area contributed by atoms with Crippen LogP contribution in [0.1, 0.15) is 20.8 Å². The molecule has 0 saturated carbocycles. The SMILES string of the molecule is CC(C(=O)Nc1ccc(Cl)cc1N)N1CCSC(C)(C)C1. The van der Waals surface area contributed by atoms with Crippen LogP contribution in [0, 0.1) is 0 Å². The fourth-order valence-corrected chi connectivity index (χ4v) is 3.75. The minimum absolute atomic E-state index is 0.0354. The molecule has 21 heavy (non-hydrogen) atoms. The van der Waals surface area contributed by atoms with Crippen LogP contribution < -0.4 is 11.1 Å². The number of nitrogens with two attached hydrogens (primary N) is 1. The number of amides is 1. The summed E-state index contributed by atoms with van der Waals surface area (Å²) in [4.78, 5) is 14.6. The van der Waals surface area contributed by atoms with E-state index in [0.29, 0.717) is 16.4 Å². The Kier molecular flexibility index (Phi) is 5.07. The summed E-state index contributed by atoms with van der Waals surface area (Å²) in [5.74, 6) is 1.01. The number of anilines is 2. The van der Waals surface area contributed by atoms with E-state index in [9.17, 15) is 4.79 Å². The molecule has 1 aromatic rings. The molecular weight excluding hydrogens is 306 g/mol. The first-order valence-electron chi connectivity index (χ1n) is 7.02. The van der Waals surface area contributed by atoms with Crippen molar-refractivity contribution in [3.05, 3.63) is 23.2 Å². The smallest absolute Gasteiger partial charge is 0.241 e. The van der Waals surface area contributed by atoms with E-state index in [-0.39, 0.29) is 16.7 Å². The molecular formula is C15H22ClN3OS. The summed E-state index contributed by atoms with van der Waals surface area (Å²) in [5, 5.41) is 3.45. The van der Waals surface area contributed by atoms with Crippen molar-refractivity contribution in [2.75, 3.05) is 29.9 Å². The van der Waals surface area contributed by atoms with Gasteiger partial charge < -0.3 is 11.1 Å². The summed E-state index contributed by atoms with van der Waals surface area (Å²) < 4.78 is 0.187. The number of halogens is 1. The lowest BCUT2D eigenvalue weighted by molar-refractivity contribution is -0.120. The molecule has 3 N–H and O–H groups in total. The monoisotopic (exact) mass is 327 g/mol. The lowest BCUT2D eigenvalue weighted by atomic mass is 10.1. The Bertz CT molecular complexity index is 536. The van der Waals surface area contributed by atoms with Crippen molar-refractivity contribution in [3.8, 4) is 0 Å². The van der Waals surface area contributed by atoms with Gasteiger partial charge in [0.2, 0.25) is 5.91 Å². The number of benzene rings is 1. The van der Waals surface area contributed by atoms with Crippen molar-refractivity contribution in [2.24, 2.45) is 0 Å². The summed E-state index contributed by atoms with van der Waals surface area (Å²) in [6.07, 6.45) is 0. The van der Waals surface area contributed by atoms with E-state index in [2.05, 4.69) is 24.1 Å². The van der Waals surface area contributed by atoms with Crippen LogP contribution in [0.15, 0.2) is 18.2 Å². The number of carbonyl (C=O) groups is 1. The van der Waals surface area contributed by atoms with Gasteiger partial charge in [-0.15, -0.1) is 0 Å². The van der Waals surface area contributed by atoms with Gasteiger partial charge >= 0.3 is 0 Å². The standard InChI is InChI=1S/C15H22ClN3OS/c1-10(19-6-7-21-15(2,3)9-19)14(20)18-13-5-4-11(16)8-12(13)17/h4-5,8,10H,6-7,9,17H2,1-3H3,(H,18,20). The number of thioether (sulfide) groups is 1. The van der Waals surface area contributed by atoms with Gasteiger partial charge in [0.25, 0.3) is 0 Å². The highest BCUT2D eigenvalue weighted by atomic mass is 35.5. The second-order valence-corrected chi connectivity index (χ2v) is 8.21. The zero-order valence-corrected chi connectivity index (χ0v) is 14.2. The Morgan fingerprint density at radius 2 is 2.24 bits per heavy atom.